The summed E-state index contributed by atoms with van der Waals surface area (Å²) < 4.78 is 8.04. The molecule has 0 saturated heterocycles. The number of aryl methyl sites for hydroxylation is 1. The second-order valence-corrected chi connectivity index (χ2v) is 10.8. The van der Waals surface area contributed by atoms with E-state index in [2.05, 4.69) is 0 Å². The van der Waals surface area contributed by atoms with Crippen LogP contribution in [0.3, 0.4) is 0 Å². The molecular formula is C36H25ClN4O2. The lowest BCUT2D eigenvalue weighted by Crippen LogP contribution is -2.02. The molecule has 7 aromatic rings. The number of hydrogen-bond acceptors (Lipinski definition) is 5. The van der Waals surface area contributed by atoms with Crippen LogP contribution in [0.1, 0.15) is 21.7 Å². The molecule has 6 nitrogen and oxygen atoms in total. The van der Waals surface area contributed by atoms with Crippen molar-refractivity contribution in [3.05, 3.63) is 143 Å². The molecule has 0 spiro atoms. The van der Waals surface area contributed by atoms with E-state index in [1.807, 2.05) is 109 Å². The highest BCUT2D eigenvalue weighted by Crippen LogP contribution is 2.42. The van der Waals surface area contributed by atoms with E-state index in [0.717, 1.165) is 39.2 Å². The highest BCUT2D eigenvalue weighted by Gasteiger charge is 2.26. The second-order valence-electron chi connectivity index (χ2n) is 10.3. The number of nitrogen functional groups attached to an aromatic ring is 1. The van der Waals surface area contributed by atoms with Gasteiger partial charge in [0, 0.05) is 39.0 Å². The number of nitrogens with zero attached hydrogens (tertiary/aromatic N) is 3. The first-order valence-electron chi connectivity index (χ1n) is 13.8. The zero-order chi connectivity index (χ0) is 29.5. The monoisotopic (exact) mass is 580 g/mol. The van der Waals surface area contributed by atoms with Crippen LogP contribution >= 0.6 is 11.6 Å². The fourth-order valence-corrected chi connectivity index (χ4v) is 5.33. The number of ketones is 1. The number of hydrogen-bond donors (Lipinski definition) is 1. The smallest absolute Gasteiger partial charge is 0.230 e. The normalized spacial score (nSPS) is 11.2. The molecule has 7 rings (SSSR count). The van der Waals surface area contributed by atoms with E-state index < -0.39 is 0 Å². The standard InChI is InChI=1S/C36H25ClN4O2/c1-22-12-14-23(15-13-22)30-20-28(31-32(38)35(43-36(31)39-30)34(42)25-16-18-26(37)19-17-25)29-21-41(27-10-6-3-7-11-27)40-33(29)24-8-4-2-5-9-24/h2-21H,38H2,1H3. The Bertz CT molecular complexity index is 2100. The summed E-state index contributed by atoms with van der Waals surface area (Å²) in [5, 5.41) is 6.11. The van der Waals surface area contributed by atoms with Crippen molar-refractivity contribution in [3.8, 4) is 39.3 Å². The minimum absolute atomic E-state index is 0.0313. The summed E-state index contributed by atoms with van der Waals surface area (Å²) in [4.78, 5) is 18.5. The van der Waals surface area contributed by atoms with Crippen LogP contribution in [0.4, 0.5) is 5.69 Å². The van der Waals surface area contributed by atoms with Crippen molar-refractivity contribution >= 4 is 34.2 Å². The molecule has 0 aliphatic carbocycles. The van der Waals surface area contributed by atoms with Gasteiger partial charge in [-0.3, -0.25) is 4.79 Å². The summed E-state index contributed by atoms with van der Waals surface area (Å²) in [7, 11) is 0. The quantitative estimate of drug-likeness (QED) is 0.199. The summed E-state index contributed by atoms with van der Waals surface area (Å²) in [6, 6.07) is 36.6. The number of rotatable bonds is 6. The molecular weight excluding hydrogens is 556 g/mol. The predicted molar refractivity (Wildman–Crippen MR) is 171 cm³/mol. The van der Waals surface area contributed by atoms with Crippen LogP contribution in [0.25, 0.3) is 50.4 Å². The number of fused-ring (bicyclic) bond motifs is 1. The molecule has 208 valence electrons. The molecule has 0 bridgehead atoms. The molecule has 4 aromatic carbocycles. The molecule has 0 unspecified atom stereocenters. The van der Waals surface area contributed by atoms with Gasteiger partial charge in [-0.25, -0.2) is 9.67 Å². The first-order valence-corrected chi connectivity index (χ1v) is 14.2. The molecule has 0 amide bonds. The highest BCUT2D eigenvalue weighted by atomic mass is 35.5. The van der Waals surface area contributed by atoms with Gasteiger partial charge in [-0.2, -0.15) is 5.10 Å². The third-order valence-corrected chi connectivity index (χ3v) is 7.68. The number of para-hydroxylation sites is 1. The highest BCUT2D eigenvalue weighted by molar-refractivity contribution is 6.30. The summed E-state index contributed by atoms with van der Waals surface area (Å²) in [6.07, 6.45) is 1.98. The third-order valence-electron chi connectivity index (χ3n) is 7.43. The fourth-order valence-electron chi connectivity index (χ4n) is 5.20. The summed E-state index contributed by atoms with van der Waals surface area (Å²) in [5.74, 6) is -0.317. The molecule has 0 atom stereocenters. The van der Waals surface area contributed by atoms with Crippen molar-refractivity contribution < 1.29 is 9.21 Å². The number of anilines is 1. The second kappa shape index (κ2) is 10.7. The van der Waals surface area contributed by atoms with Gasteiger partial charge in [-0.1, -0.05) is 90.0 Å². The molecule has 3 aromatic heterocycles. The molecule has 3 heterocycles. The van der Waals surface area contributed by atoms with E-state index in [1.165, 1.54) is 0 Å². The first kappa shape index (κ1) is 26.4. The van der Waals surface area contributed by atoms with Gasteiger partial charge in [0.2, 0.25) is 17.3 Å². The Kier molecular flexibility index (Phi) is 6.61. The van der Waals surface area contributed by atoms with Crippen LogP contribution in [0.15, 0.2) is 126 Å². The van der Waals surface area contributed by atoms with E-state index in [9.17, 15) is 4.79 Å². The maximum Gasteiger partial charge on any atom is 0.230 e. The lowest BCUT2D eigenvalue weighted by molar-refractivity contribution is 0.101. The van der Waals surface area contributed by atoms with Crippen LogP contribution in [-0.4, -0.2) is 20.5 Å². The van der Waals surface area contributed by atoms with Gasteiger partial charge in [-0.05, 0) is 49.4 Å². The van der Waals surface area contributed by atoms with Crippen molar-refractivity contribution in [2.75, 3.05) is 5.73 Å². The van der Waals surface area contributed by atoms with Crippen molar-refractivity contribution in [2.24, 2.45) is 0 Å². The zero-order valence-electron chi connectivity index (χ0n) is 23.2. The molecule has 7 heteroatoms. The van der Waals surface area contributed by atoms with Gasteiger partial charge in [0.05, 0.1) is 22.5 Å². The summed E-state index contributed by atoms with van der Waals surface area (Å²) >= 11 is 6.07. The number of nitrogens with two attached hydrogens (primary N) is 1. The molecule has 43 heavy (non-hydrogen) atoms. The van der Waals surface area contributed by atoms with E-state index >= 15 is 0 Å². The molecule has 0 aliphatic heterocycles. The average Bonchev–Trinajstić information content (AvgIpc) is 3.64. The Hall–Kier alpha value is -5.46. The SMILES string of the molecule is Cc1ccc(-c2cc(-c3cn(-c4ccccc4)nc3-c3ccccc3)c3c(N)c(C(=O)c4ccc(Cl)cc4)oc3n2)cc1. The minimum Gasteiger partial charge on any atom is -0.432 e. The van der Waals surface area contributed by atoms with Crippen molar-refractivity contribution in [2.45, 2.75) is 6.92 Å². The first-order chi connectivity index (χ1) is 21.0. The van der Waals surface area contributed by atoms with E-state index in [0.29, 0.717) is 21.7 Å². The Balaban J connectivity index is 1.51. The number of pyridine rings is 1. The number of aromatic nitrogens is 3. The van der Waals surface area contributed by atoms with Crippen molar-refractivity contribution in [1.29, 1.82) is 0 Å². The van der Waals surface area contributed by atoms with Crippen LogP contribution in [0.5, 0.6) is 0 Å². The number of benzene rings is 4. The third kappa shape index (κ3) is 4.88. The fraction of sp³-hybridized carbons (Fsp3) is 0.0278. The van der Waals surface area contributed by atoms with E-state index in [4.69, 9.17) is 31.8 Å². The lowest BCUT2D eigenvalue weighted by Gasteiger charge is -2.08. The Morgan fingerprint density at radius 3 is 2.19 bits per heavy atom. The van der Waals surface area contributed by atoms with Crippen molar-refractivity contribution in [3.63, 3.8) is 0 Å². The molecule has 0 aliphatic rings. The summed E-state index contributed by atoms with van der Waals surface area (Å²) in [6.45, 7) is 2.04. The minimum atomic E-state index is -0.349. The number of furan rings is 1. The topological polar surface area (TPSA) is 86.9 Å². The van der Waals surface area contributed by atoms with Gasteiger partial charge in [0.1, 0.15) is 5.69 Å². The van der Waals surface area contributed by atoms with Crippen LogP contribution in [0.2, 0.25) is 5.02 Å². The average molecular weight is 581 g/mol. The molecule has 2 N–H and O–H groups in total. The molecule has 0 saturated carbocycles. The van der Waals surface area contributed by atoms with Crippen molar-refractivity contribution in [1.82, 2.24) is 14.8 Å². The van der Waals surface area contributed by atoms with Crippen LogP contribution in [0, 0.1) is 6.92 Å². The Morgan fingerprint density at radius 2 is 1.49 bits per heavy atom. The maximum atomic E-state index is 13.6. The number of carbonyl (C=O) groups is 1. The van der Waals surface area contributed by atoms with E-state index in [-0.39, 0.29) is 22.9 Å². The summed E-state index contributed by atoms with van der Waals surface area (Å²) in [5.41, 5.74) is 14.6. The van der Waals surface area contributed by atoms with E-state index in [1.54, 1.807) is 24.3 Å². The Morgan fingerprint density at radius 1 is 0.814 bits per heavy atom. The lowest BCUT2D eigenvalue weighted by atomic mass is 9.96. The number of carbonyl (C=O) groups excluding carboxylic acids is 1. The van der Waals surface area contributed by atoms with Gasteiger partial charge < -0.3 is 10.2 Å². The number of halogens is 1. The van der Waals surface area contributed by atoms with Gasteiger partial charge >= 0.3 is 0 Å². The predicted octanol–water partition coefficient (Wildman–Crippen LogP) is 8.79. The van der Waals surface area contributed by atoms with Gasteiger partial charge in [0.15, 0.2) is 0 Å². The maximum absolute atomic E-state index is 13.6. The van der Waals surface area contributed by atoms with Gasteiger partial charge in [0.25, 0.3) is 0 Å². The van der Waals surface area contributed by atoms with Crippen LogP contribution in [-0.2, 0) is 0 Å². The van der Waals surface area contributed by atoms with Gasteiger partial charge in [-0.15, -0.1) is 0 Å². The Labute approximate surface area is 253 Å². The largest absolute Gasteiger partial charge is 0.432 e. The molecule has 0 fully saturated rings. The zero-order valence-corrected chi connectivity index (χ0v) is 23.9. The molecule has 0 radical (unpaired) electrons. The van der Waals surface area contributed by atoms with Crippen LogP contribution < -0.4 is 5.73 Å².